The SMILES string of the molecule is O=C(O)CC1(c2ccccc2)CCc2ccccc21. The third-order valence-electron chi connectivity index (χ3n) is 4.13. The van der Waals surface area contributed by atoms with Crippen LogP contribution in [0.3, 0.4) is 0 Å². The minimum absolute atomic E-state index is 0.161. The number of aryl methyl sites for hydroxylation is 1. The monoisotopic (exact) mass is 252 g/mol. The van der Waals surface area contributed by atoms with Gasteiger partial charge in [0.1, 0.15) is 0 Å². The first-order valence-corrected chi connectivity index (χ1v) is 6.58. The lowest BCUT2D eigenvalue weighted by molar-refractivity contribution is -0.138. The van der Waals surface area contributed by atoms with Crippen LogP contribution in [-0.4, -0.2) is 11.1 Å². The average Bonchev–Trinajstić information content (AvgIpc) is 2.80. The van der Waals surface area contributed by atoms with E-state index in [1.54, 1.807) is 0 Å². The van der Waals surface area contributed by atoms with E-state index in [1.807, 2.05) is 42.5 Å². The second-order valence-corrected chi connectivity index (χ2v) is 5.18. The van der Waals surface area contributed by atoms with E-state index in [-0.39, 0.29) is 11.8 Å². The van der Waals surface area contributed by atoms with Crippen molar-refractivity contribution < 1.29 is 9.90 Å². The number of aliphatic carboxylic acids is 1. The van der Waals surface area contributed by atoms with Gasteiger partial charge in [0.2, 0.25) is 0 Å². The van der Waals surface area contributed by atoms with Crippen molar-refractivity contribution in [2.75, 3.05) is 0 Å². The lowest BCUT2D eigenvalue weighted by Gasteiger charge is -2.29. The molecule has 0 heterocycles. The van der Waals surface area contributed by atoms with Gasteiger partial charge in [-0.3, -0.25) is 4.79 Å². The van der Waals surface area contributed by atoms with Crippen molar-refractivity contribution in [3.8, 4) is 0 Å². The highest BCUT2D eigenvalue weighted by molar-refractivity contribution is 5.71. The molecule has 0 radical (unpaired) electrons. The number of hydrogen-bond acceptors (Lipinski definition) is 1. The van der Waals surface area contributed by atoms with Crippen molar-refractivity contribution in [2.45, 2.75) is 24.7 Å². The molecule has 0 spiro atoms. The van der Waals surface area contributed by atoms with E-state index in [0.29, 0.717) is 0 Å². The fourth-order valence-electron chi connectivity index (χ4n) is 3.29. The predicted molar refractivity (Wildman–Crippen MR) is 74.2 cm³/mol. The molecule has 0 aromatic heterocycles. The summed E-state index contributed by atoms with van der Waals surface area (Å²) in [5.74, 6) is -0.736. The van der Waals surface area contributed by atoms with Crippen LogP contribution in [0.2, 0.25) is 0 Å². The predicted octanol–water partition coefficient (Wildman–Crippen LogP) is 3.39. The van der Waals surface area contributed by atoms with Gasteiger partial charge in [0.05, 0.1) is 6.42 Å². The number of fused-ring (bicyclic) bond motifs is 1. The lowest BCUT2D eigenvalue weighted by Crippen LogP contribution is -2.28. The topological polar surface area (TPSA) is 37.3 Å². The number of rotatable bonds is 3. The zero-order valence-electron chi connectivity index (χ0n) is 10.7. The normalized spacial score (nSPS) is 21.1. The van der Waals surface area contributed by atoms with Gasteiger partial charge in [-0.1, -0.05) is 54.6 Å². The number of carboxylic acids is 1. The number of hydrogen-bond donors (Lipinski definition) is 1. The van der Waals surface area contributed by atoms with E-state index in [4.69, 9.17) is 0 Å². The molecule has 0 bridgehead atoms. The van der Waals surface area contributed by atoms with Crippen molar-refractivity contribution in [3.05, 3.63) is 71.3 Å². The Morgan fingerprint density at radius 2 is 1.74 bits per heavy atom. The maximum Gasteiger partial charge on any atom is 0.304 e. The van der Waals surface area contributed by atoms with Crippen molar-refractivity contribution in [2.24, 2.45) is 0 Å². The Hall–Kier alpha value is -2.09. The molecule has 1 aliphatic carbocycles. The standard InChI is InChI=1S/C17H16O2/c18-16(19)12-17(14-7-2-1-3-8-14)11-10-13-6-4-5-9-15(13)17/h1-9H,10-12H2,(H,18,19). The van der Waals surface area contributed by atoms with Gasteiger partial charge < -0.3 is 5.11 Å². The number of carboxylic acid groups (broad SMARTS) is 1. The molecule has 1 aliphatic rings. The molecule has 0 amide bonds. The molecule has 19 heavy (non-hydrogen) atoms. The molecule has 3 rings (SSSR count). The summed E-state index contributed by atoms with van der Waals surface area (Å²) in [6.45, 7) is 0. The molecule has 2 aromatic rings. The molecule has 2 nitrogen and oxygen atoms in total. The van der Waals surface area contributed by atoms with Gasteiger partial charge in [0.25, 0.3) is 0 Å². The molecular weight excluding hydrogens is 236 g/mol. The fourth-order valence-corrected chi connectivity index (χ4v) is 3.29. The van der Waals surface area contributed by atoms with Gasteiger partial charge in [-0.25, -0.2) is 0 Å². The molecule has 0 saturated heterocycles. The largest absolute Gasteiger partial charge is 0.481 e. The summed E-state index contributed by atoms with van der Waals surface area (Å²) in [7, 11) is 0. The van der Waals surface area contributed by atoms with E-state index >= 15 is 0 Å². The maximum absolute atomic E-state index is 11.3. The van der Waals surface area contributed by atoms with Gasteiger partial charge >= 0.3 is 5.97 Å². The van der Waals surface area contributed by atoms with Crippen LogP contribution in [0.1, 0.15) is 29.5 Å². The third-order valence-corrected chi connectivity index (χ3v) is 4.13. The van der Waals surface area contributed by atoms with Gasteiger partial charge in [-0.05, 0) is 29.5 Å². The minimum atomic E-state index is -0.736. The van der Waals surface area contributed by atoms with E-state index in [0.717, 1.165) is 18.4 Å². The Kier molecular flexibility index (Phi) is 2.86. The summed E-state index contributed by atoms with van der Waals surface area (Å²) in [6, 6.07) is 18.3. The summed E-state index contributed by atoms with van der Waals surface area (Å²) in [4.78, 5) is 11.3. The van der Waals surface area contributed by atoms with Crippen LogP contribution in [0.25, 0.3) is 0 Å². The lowest BCUT2D eigenvalue weighted by atomic mass is 9.73. The smallest absolute Gasteiger partial charge is 0.304 e. The van der Waals surface area contributed by atoms with Gasteiger partial charge in [0.15, 0.2) is 0 Å². The molecule has 2 aromatic carbocycles. The van der Waals surface area contributed by atoms with Gasteiger partial charge in [-0.2, -0.15) is 0 Å². The van der Waals surface area contributed by atoms with Crippen molar-refractivity contribution >= 4 is 5.97 Å². The van der Waals surface area contributed by atoms with Crippen LogP contribution >= 0.6 is 0 Å². The first-order chi connectivity index (χ1) is 9.22. The van der Waals surface area contributed by atoms with Gasteiger partial charge in [0, 0.05) is 5.41 Å². The maximum atomic E-state index is 11.3. The van der Waals surface area contributed by atoms with Crippen LogP contribution in [-0.2, 0) is 16.6 Å². The van der Waals surface area contributed by atoms with Crippen LogP contribution in [0.5, 0.6) is 0 Å². The van der Waals surface area contributed by atoms with E-state index in [2.05, 4.69) is 12.1 Å². The summed E-state index contributed by atoms with van der Waals surface area (Å²) in [6.07, 6.45) is 2.00. The van der Waals surface area contributed by atoms with Crippen LogP contribution in [0.4, 0.5) is 0 Å². The summed E-state index contributed by atoms with van der Waals surface area (Å²) < 4.78 is 0. The highest BCUT2D eigenvalue weighted by Gasteiger charge is 2.41. The summed E-state index contributed by atoms with van der Waals surface area (Å²) in [5.41, 5.74) is 3.22. The van der Waals surface area contributed by atoms with Crippen molar-refractivity contribution in [1.82, 2.24) is 0 Å². The third kappa shape index (κ3) is 1.93. The molecule has 1 unspecified atom stereocenters. The van der Waals surface area contributed by atoms with Crippen molar-refractivity contribution in [1.29, 1.82) is 0 Å². The zero-order valence-corrected chi connectivity index (χ0v) is 10.7. The Balaban J connectivity index is 2.17. The highest BCUT2D eigenvalue weighted by Crippen LogP contribution is 2.46. The first kappa shape index (κ1) is 12.0. The second kappa shape index (κ2) is 4.54. The van der Waals surface area contributed by atoms with E-state index in [1.165, 1.54) is 11.1 Å². The quantitative estimate of drug-likeness (QED) is 0.909. The second-order valence-electron chi connectivity index (χ2n) is 5.18. The molecule has 0 aliphatic heterocycles. The average molecular weight is 252 g/mol. The molecule has 1 N–H and O–H groups in total. The van der Waals surface area contributed by atoms with Crippen LogP contribution < -0.4 is 0 Å². The zero-order chi connectivity index (χ0) is 13.3. The number of benzene rings is 2. The Bertz CT molecular complexity index is 604. The fraction of sp³-hybridized carbons (Fsp3) is 0.235. The minimum Gasteiger partial charge on any atom is -0.481 e. The first-order valence-electron chi connectivity index (χ1n) is 6.58. The summed E-state index contributed by atoms with van der Waals surface area (Å²) in [5, 5.41) is 9.33. The van der Waals surface area contributed by atoms with E-state index in [9.17, 15) is 9.90 Å². The van der Waals surface area contributed by atoms with Gasteiger partial charge in [-0.15, -0.1) is 0 Å². The highest BCUT2D eigenvalue weighted by atomic mass is 16.4. The van der Waals surface area contributed by atoms with E-state index < -0.39 is 5.97 Å². The number of carbonyl (C=O) groups is 1. The molecule has 1 atom stereocenters. The Morgan fingerprint density at radius 3 is 2.47 bits per heavy atom. The van der Waals surface area contributed by atoms with Crippen molar-refractivity contribution in [3.63, 3.8) is 0 Å². The molecular formula is C17H16O2. The molecule has 96 valence electrons. The molecule has 2 heteroatoms. The van der Waals surface area contributed by atoms with Crippen LogP contribution in [0, 0.1) is 0 Å². The van der Waals surface area contributed by atoms with Crippen LogP contribution in [0.15, 0.2) is 54.6 Å². The summed E-state index contributed by atoms with van der Waals surface area (Å²) >= 11 is 0. The Labute approximate surface area is 112 Å². The molecule has 0 saturated carbocycles. The molecule has 0 fully saturated rings. The Morgan fingerprint density at radius 1 is 1.05 bits per heavy atom.